The van der Waals surface area contributed by atoms with Gasteiger partial charge in [0.2, 0.25) is 10.0 Å². The molecule has 1 aromatic heterocycles. The van der Waals surface area contributed by atoms with E-state index < -0.39 is 10.0 Å². The van der Waals surface area contributed by atoms with Crippen LogP contribution in [0.15, 0.2) is 29.4 Å². The van der Waals surface area contributed by atoms with Crippen LogP contribution in [0.1, 0.15) is 11.4 Å². The van der Waals surface area contributed by atoms with Crippen molar-refractivity contribution in [3.05, 3.63) is 35.9 Å². The van der Waals surface area contributed by atoms with E-state index >= 15 is 0 Å². The number of nitrogens with one attached hydrogen (secondary N) is 1. The van der Waals surface area contributed by atoms with Crippen LogP contribution in [0.3, 0.4) is 0 Å². The number of rotatable bonds is 4. The van der Waals surface area contributed by atoms with Crippen LogP contribution in [0.2, 0.25) is 0 Å². The van der Waals surface area contributed by atoms with E-state index in [1.165, 1.54) is 23.1 Å². The minimum Gasteiger partial charge on any atom is -0.398 e. The summed E-state index contributed by atoms with van der Waals surface area (Å²) in [5.41, 5.74) is 6.99. The smallest absolute Gasteiger partial charge is 0.241 e. The molecule has 0 saturated heterocycles. The number of hydrogen-bond acceptors (Lipinski definition) is 5. The standard InChI is InChI=1S/C11H15N5O2S/c1-8-3-4-9(5-10(8)12)19(17,18)14-6-11-13-7-16(2)15-11/h3-5,7,14H,6,12H2,1-2H3. The fraction of sp³-hybridized carbons (Fsp3) is 0.273. The van der Waals surface area contributed by atoms with Crippen LogP contribution in [-0.4, -0.2) is 23.2 Å². The van der Waals surface area contributed by atoms with Crippen molar-refractivity contribution < 1.29 is 8.42 Å². The Hall–Kier alpha value is -1.93. The molecule has 0 amide bonds. The van der Waals surface area contributed by atoms with Crippen molar-refractivity contribution in [3.8, 4) is 0 Å². The maximum atomic E-state index is 12.0. The Labute approximate surface area is 111 Å². The summed E-state index contributed by atoms with van der Waals surface area (Å²) in [5, 5.41) is 3.99. The van der Waals surface area contributed by atoms with Crippen LogP contribution in [0.4, 0.5) is 5.69 Å². The lowest BCUT2D eigenvalue weighted by Crippen LogP contribution is -2.24. The fourth-order valence-corrected chi connectivity index (χ4v) is 2.51. The highest BCUT2D eigenvalue weighted by Gasteiger charge is 2.15. The zero-order valence-electron chi connectivity index (χ0n) is 10.7. The molecule has 0 aliphatic rings. The molecule has 1 heterocycles. The molecular weight excluding hydrogens is 266 g/mol. The summed E-state index contributed by atoms with van der Waals surface area (Å²) >= 11 is 0. The van der Waals surface area contributed by atoms with Gasteiger partial charge in [-0.05, 0) is 24.6 Å². The Morgan fingerprint density at radius 2 is 2.16 bits per heavy atom. The van der Waals surface area contributed by atoms with E-state index in [9.17, 15) is 8.42 Å². The molecular formula is C11H15N5O2S. The molecule has 1 aromatic carbocycles. The van der Waals surface area contributed by atoms with Gasteiger partial charge in [0.05, 0.1) is 11.4 Å². The number of hydrogen-bond donors (Lipinski definition) is 2. The van der Waals surface area contributed by atoms with Crippen molar-refractivity contribution in [1.29, 1.82) is 0 Å². The number of benzene rings is 1. The summed E-state index contributed by atoms with van der Waals surface area (Å²) < 4.78 is 28.0. The van der Waals surface area contributed by atoms with Gasteiger partial charge < -0.3 is 5.73 Å². The van der Waals surface area contributed by atoms with Crippen LogP contribution in [0, 0.1) is 6.92 Å². The maximum absolute atomic E-state index is 12.0. The summed E-state index contributed by atoms with van der Waals surface area (Å²) in [4.78, 5) is 4.08. The van der Waals surface area contributed by atoms with Crippen molar-refractivity contribution in [3.63, 3.8) is 0 Å². The predicted octanol–water partition coefficient (Wildman–Crippen LogP) is 0.184. The van der Waals surface area contributed by atoms with Gasteiger partial charge in [-0.25, -0.2) is 18.1 Å². The third kappa shape index (κ3) is 3.09. The summed E-state index contributed by atoms with van der Waals surface area (Å²) in [5.74, 6) is 0.408. The lowest BCUT2D eigenvalue weighted by molar-refractivity contribution is 0.578. The molecule has 0 radical (unpaired) electrons. The molecule has 0 aliphatic carbocycles. The Bertz CT molecular complexity index is 693. The molecule has 7 nitrogen and oxygen atoms in total. The Kier molecular flexibility index (Phi) is 3.54. The Balaban J connectivity index is 2.16. The van der Waals surface area contributed by atoms with Crippen LogP contribution < -0.4 is 10.5 Å². The summed E-state index contributed by atoms with van der Waals surface area (Å²) in [7, 11) is -1.89. The molecule has 8 heteroatoms. The van der Waals surface area contributed by atoms with Gasteiger partial charge in [0, 0.05) is 12.7 Å². The van der Waals surface area contributed by atoms with E-state index in [4.69, 9.17) is 5.73 Å². The molecule has 0 spiro atoms. The van der Waals surface area contributed by atoms with Crippen molar-refractivity contribution in [2.45, 2.75) is 18.4 Å². The number of anilines is 1. The molecule has 3 N–H and O–H groups in total. The average molecular weight is 281 g/mol. The van der Waals surface area contributed by atoms with Crippen molar-refractivity contribution in [2.24, 2.45) is 7.05 Å². The molecule has 0 aliphatic heterocycles. The first-order valence-corrected chi connectivity index (χ1v) is 7.07. The number of nitrogen functional groups attached to an aromatic ring is 1. The second kappa shape index (κ2) is 4.98. The van der Waals surface area contributed by atoms with Crippen LogP contribution in [-0.2, 0) is 23.6 Å². The van der Waals surface area contributed by atoms with E-state index in [0.717, 1.165) is 5.56 Å². The first-order chi connectivity index (χ1) is 8.88. The molecule has 0 saturated carbocycles. The second-order valence-corrected chi connectivity index (χ2v) is 5.94. The van der Waals surface area contributed by atoms with Gasteiger partial charge in [-0.3, -0.25) is 4.68 Å². The molecule has 102 valence electrons. The van der Waals surface area contributed by atoms with Gasteiger partial charge in [-0.1, -0.05) is 6.07 Å². The highest BCUT2D eigenvalue weighted by molar-refractivity contribution is 7.89. The largest absolute Gasteiger partial charge is 0.398 e. The van der Waals surface area contributed by atoms with Gasteiger partial charge in [0.1, 0.15) is 6.33 Å². The Morgan fingerprint density at radius 3 is 2.74 bits per heavy atom. The minimum atomic E-state index is -3.61. The Morgan fingerprint density at radius 1 is 1.42 bits per heavy atom. The van der Waals surface area contributed by atoms with Gasteiger partial charge in [-0.2, -0.15) is 5.10 Å². The van der Waals surface area contributed by atoms with Crippen LogP contribution in [0.5, 0.6) is 0 Å². The zero-order valence-corrected chi connectivity index (χ0v) is 11.5. The fourth-order valence-electron chi connectivity index (χ4n) is 1.49. The van der Waals surface area contributed by atoms with E-state index in [2.05, 4.69) is 14.8 Å². The molecule has 0 unspecified atom stereocenters. The third-order valence-electron chi connectivity index (χ3n) is 2.63. The van der Waals surface area contributed by atoms with Gasteiger partial charge in [0.25, 0.3) is 0 Å². The quantitative estimate of drug-likeness (QED) is 0.778. The van der Waals surface area contributed by atoms with Gasteiger partial charge in [0.15, 0.2) is 5.82 Å². The minimum absolute atomic E-state index is 0.0386. The van der Waals surface area contributed by atoms with Gasteiger partial charge in [-0.15, -0.1) is 0 Å². The number of nitrogens with two attached hydrogens (primary N) is 1. The van der Waals surface area contributed by atoms with E-state index in [1.807, 2.05) is 6.92 Å². The monoisotopic (exact) mass is 281 g/mol. The lowest BCUT2D eigenvalue weighted by Gasteiger charge is -2.07. The predicted molar refractivity (Wildman–Crippen MR) is 70.6 cm³/mol. The van der Waals surface area contributed by atoms with Crippen molar-refractivity contribution >= 4 is 15.7 Å². The average Bonchev–Trinajstić information content (AvgIpc) is 2.76. The summed E-state index contributed by atoms with van der Waals surface area (Å²) in [6, 6.07) is 4.62. The number of sulfonamides is 1. The van der Waals surface area contributed by atoms with Crippen LogP contribution in [0.25, 0.3) is 0 Å². The number of nitrogens with zero attached hydrogens (tertiary/aromatic N) is 3. The molecule has 0 bridgehead atoms. The molecule has 19 heavy (non-hydrogen) atoms. The van der Waals surface area contributed by atoms with Crippen molar-refractivity contribution in [2.75, 3.05) is 5.73 Å². The number of aromatic nitrogens is 3. The molecule has 2 aromatic rings. The molecule has 2 rings (SSSR count). The zero-order chi connectivity index (χ0) is 14.0. The SMILES string of the molecule is Cc1ccc(S(=O)(=O)NCc2ncn(C)n2)cc1N. The van der Waals surface area contributed by atoms with Crippen molar-refractivity contribution in [1.82, 2.24) is 19.5 Å². The molecule has 0 fully saturated rings. The van der Waals surface area contributed by atoms with E-state index in [-0.39, 0.29) is 11.4 Å². The van der Waals surface area contributed by atoms with E-state index in [1.54, 1.807) is 13.1 Å². The lowest BCUT2D eigenvalue weighted by atomic mass is 10.2. The third-order valence-corrected chi connectivity index (χ3v) is 4.03. The first-order valence-electron chi connectivity index (χ1n) is 5.59. The first kappa shape index (κ1) is 13.5. The summed E-state index contributed by atoms with van der Waals surface area (Å²) in [6.07, 6.45) is 1.51. The van der Waals surface area contributed by atoms with Crippen LogP contribution >= 0.6 is 0 Å². The van der Waals surface area contributed by atoms with E-state index in [0.29, 0.717) is 11.5 Å². The number of aryl methyl sites for hydroxylation is 2. The normalized spacial score (nSPS) is 11.7. The highest BCUT2D eigenvalue weighted by atomic mass is 32.2. The topological polar surface area (TPSA) is 103 Å². The highest BCUT2D eigenvalue weighted by Crippen LogP contribution is 2.17. The summed E-state index contributed by atoms with van der Waals surface area (Å²) in [6.45, 7) is 1.86. The van der Waals surface area contributed by atoms with Gasteiger partial charge >= 0.3 is 0 Å². The second-order valence-electron chi connectivity index (χ2n) is 4.18. The molecule has 0 atom stereocenters. The maximum Gasteiger partial charge on any atom is 0.241 e.